The van der Waals surface area contributed by atoms with Crippen molar-refractivity contribution in [2.45, 2.75) is 32.0 Å². The molecule has 2 unspecified atom stereocenters. The molecule has 2 aromatic rings. The van der Waals surface area contributed by atoms with Gasteiger partial charge in [-0.15, -0.1) is 0 Å². The summed E-state index contributed by atoms with van der Waals surface area (Å²) in [5.41, 5.74) is 4.37. The van der Waals surface area contributed by atoms with Gasteiger partial charge in [-0.1, -0.05) is 61.6 Å². The summed E-state index contributed by atoms with van der Waals surface area (Å²) in [6.45, 7) is 4.69. The van der Waals surface area contributed by atoms with E-state index in [0.29, 0.717) is 11.9 Å². The first-order chi connectivity index (χ1) is 12.1. The Bertz CT molecular complexity index is 899. The van der Waals surface area contributed by atoms with Crippen LogP contribution in [0.5, 0.6) is 0 Å². The highest BCUT2D eigenvalue weighted by Gasteiger charge is 2.41. The van der Waals surface area contributed by atoms with Gasteiger partial charge < -0.3 is 14.4 Å². The molecule has 2 N–H and O–H groups in total. The van der Waals surface area contributed by atoms with Crippen molar-refractivity contribution in [1.82, 2.24) is 4.57 Å². The Hall–Kier alpha value is -0.770. The summed E-state index contributed by atoms with van der Waals surface area (Å²) in [6.07, 6.45) is 4.76. The van der Waals surface area contributed by atoms with Gasteiger partial charge >= 0.3 is 7.60 Å². The topological polar surface area (TPSA) is 62.5 Å². The zero-order valence-corrected chi connectivity index (χ0v) is 18.3. The van der Waals surface area contributed by atoms with Crippen LogP contribution in [0.2, 0.25) is 0 Å². The van der Waals surface area contributed by atoms with Crippen molar-refractivity contribution < 1.29 is 18.7 Å². The number of hydrogen-bond donors (Lipinski definition) is 2. The van der Waals surface area contributed by atoms with E-state index in [1.807, 2.05) is 19.1 Å². The maximum atomic E-state index is 14.1. The van der Waals surface area contributed by atoms with Gasteiger partial charge in [0.1, 0.15) is 0 Å². The van der Waals surface area contributed by atoms with E-state index in [9.17, 15) is 8.96 Å². The molecule has 1 heterocycles. The van der Waals surface area contributed by atoms with Gasteiger partial charge in [0.15, 0.2) is 0 Å². The number of rotatable bonds is 7. The highest BCUT2D eigenvalue weighted by Crippen LogP contribution is 2.57. The minimum absolute atomic E-state index is 0.383. The van der Waals surface area contributed by atoms with Gasteiger partial charge in [-0.25, -0.2) is 4.39 Å². The van der Waals surface area contributed by atoms with Crippen LogP contribution in [0.25, 0.3) is 10.9 Å². The zero-order valence-electron chi connectivity index (χ0n) is 14.7. The normalized spacial score (nSPS) is 15.7. The molecule has 4 nitrogen and oxygen atoms in total. The number of nitrogens with zero attached hydrogens (tertiary/aromatic N) is 1. The fourth-order valence-corrected chi connectivity index (χ4v) is 3.71. The molecule has 0 aliphatic rings. The molecule has 1 aromatic heterocycles. The van der Waals surface area contributed by atoms with Crippen LogP contribution in [0.4, 0.5) is 4.39 Å². The SMILES string of the molecule is Cc1cccc2cc(C)n(CC(/C=C\CC(F)(P)P(=O)(O)O)=C/CBr)c12. The van der Waals surface area contributed by atoms with Gasteiger partial charge in [-0.05, 0) is 31.1 Å². The maximum absolute atomic E-state index is 14.1. The lowest BCUT2D eigenvalue weighted by atomic mass is 10.1. The second kappa shape index (κ2) is 8.50. The van der Waals surface area contributed by atoms with Crippen LogP contribution in [-0.4, -0.2) is 24.8 Å². The molecule has 2 rings (SSSR count). The minimum atomic E-state index is -4.84. The quantitative estimate of drug-likeness (QED) is 0.338. The summed E-state index contributed by atoms with van der Waals surface area (Å²) in [6, 6.07) is 8.29. The fourth-order valence-electron chi connectivity index (χ4n) is 2.81. The smallest absolute Gasteiger partial charge is 0.340 e. The number of allylic oxidation sites excluding steroid dienone is 4. The number of aryl methyl sites for hydroxylation is 2. The predicted molar refractivity (Wildman–Crippen MR) is 113 cm³/mol. The molecule has 8 heteroatoms. The van der Waals surface area contributed by atoms with Gasteiger partial charge in [-0.3, -0.25) is 4.57 Å². The van der Waals surface area contributed by atoms with Gasteiger partial charge in [0, 0.05) is 29.4 Å². The molecule has 26 heavy (non-hydrogen) atoms. The van der Waals surface area contributed by atoms with Crippen molar-refractivity contribution in [3.8, 4) is 0 Å². The Morgan fingerprint density at radius 2 is 2.12 bits per heavy atom. The molecule has 0 fully saturated rings. The average Bonchev–Trinajstić information content (AvgIpc) is 2.83. The van der Waals surface area contributed by atoms with Crippen LogP contribution in [0.1, 0.15) is 17.7 Å². The van der Waals surface area contributed by atoms with Crippen LogP contribution >= 0.6 is 32.8 Å². The first kappa shape index (κ1) is 21.5. The van der Waals surface area contributed by atoms with E-state index in [1.54, 1.807) is 15.3 Å². The Balaban J connectivity index is 2.28. The third-order valence-corrected chi connectivity index (χ3v) is 6.95. The Labute approximate surface area is 163 Å². The van der Waals surface area contributed by atoms with Crippen LogP contribution < -0.4 is 0 Å². The van der Waals surface area contributed by atoms with Crippen molar-refractivity contribution >= 4 is 43.7 Å². The molecule has 0 saturated carbocycles. The van der Waals surface area contributed by atoms with E-state index in [-0.39, 0.29) is 6.42 Å². The zero-order chi connectivity index (χ0) is 19.5. The van der Waals surface area contributed by atoms with Crippen molar-refractivity contribution in [1.29, 1.82) is 0 Å². The van der Waals surface area contributed by atoms with Crippen LogP contribution in [0, 0.1) is 13.8 Å². The molecule has 0 bridgehead atoms. The highest BCUT2D eigenvalue weighted by atomic mass is 79.9. The minimum Gasteiger partial charge on any atom is -0.340 e. The summed E-state index contributed by atoms with van der Waals surface area (Å²) in [4.78, 5) is 18.1. The summed E-state index contributed by atoms with van der Waals surface area (Å²) in [5.74, 6) is 0. The molecule has 0 spiro atoms. The largest absolute Gasteiger partial charge is 0.366 e. The van der Waals surface area contributed by atoms with Crippen molar-refractivity contribution in [2.24, 2.45) is 0 Å². The number of fused-ring (bicyclic) bond motifs is 1. The molecular weight excluding hydrogens is 439 g/mol. The standard InChI is InChI=1S/C18H23BrFNO3P2/c1-13-5-3-7-16-11-14(2)21(17(13)16)12-15(8-10-19)6-4-9-18(20,25)26(22,23)24/h3-8,11H,9-10,12,25H2,1-2H3,(H2,22,23,24)/b6-4-,15-8+. The number of halogens is 2. The van der Waals surface area contributed by atoms with E-state index in [4.69, 9.17) is 9.79 Å². The van der Waals surface area contributed by atoms with Gasteiger partial charge in [0.05, 0.1) is 5.52 Å². The maximum Gasteiger partial charge on any atom is 0.366 e. The third kappa shape index (κ3) is 4.94. The first-order valence-corrected chi connectivity index (χ1v) is 11.4. The first-order valence-electron chi connectivity index (χ1n) is 8.07. The molecule has 0 aliphatic heterocycles. The summed E-state index contributed by atoms with van der Waals surface area (Å²) >= 11 is 3.38. The van der Waals surface area contributed by atoms with Crippen LogP contribution in [0.3, 0.4) is 0 Å². The Morgan fingerprint density at radius 3 is 2.73 bits per heavy atom. The van der Waals surface area contributed by atoms with Gasteiger partial charge in [0.25, 0.3) is 0 Å². The molecule has 0 amide bonds. The number of hydrogen-bond acceptors (Lipinski definition) is 1. The van der Waals surface area contributed by atoms with Crippen molar-refractivity contribution in [2.75, 3.05) is 5.33 Å². The third-order valence-electron chi connectivity index (χ3n) is 4.23. The lowest BCUT2D eigenvalue weighted by Gasteiger charge is -2.19. The average molecular weight is 462 g/mol. The van der Waals surface area contributed by atoms with Crippen LogP contribution in [0.15, 0.2) is 48.1 Å². The monoisotopic (exact) mass is 461 g/mol. The van der Waals surface area contributed by atoms with E-state index in [2.05, 4.69) is 45.6 Å². The fraction of sp³-hybridized carbons (Fsp3) is 0.333. The molecule has 1 aromatic carbocycles. The summed E-state index contributed by atoms with van der Waals surface area (Å²) < 4.78 is 27.4. The molecule has 2 atom stereocenters. The molecule has 142 valence electrons. The number of para-hydroxylation sites is 1. The van der Waals surface area contributed by atoms with E-state index >= 15 is 0 Å². The lowest BCUT2D eigenvalue weighted by Crippen LogP contribution is -2.12. The number of aromatic nitrogens is 1. The second-order valence-electron chi connectivity index (χ2n) is 6.29. The van der Waals surface area contributed by atoms with Gasteiger partial charge in [0.2, 0.25) is 5.15 Å². The number of benzene rings is 1. The van der Waals surface area contributed by atoms with Crippen molar-refractivity contribution in [3.05, 3.63) is 59.3 Å². The van der Waals surface area contributed by atoms with E-state index in [1.165, 1.54) is 17.0 Å². The highest BCUT2D eigenvalue weighted by molar-refractivity contribution is 9.09. The summed E-state index contributed by atoms with van der Waals surface area (Å²) in [5, 5.41) is -0.849. The summed E-state index contributed by atoms with van der Waals surface area (Å²) in [7, 11) is -3.21. The van der Waals surface area contributed by atoms with Gasteiger partial charge in [-0.2, -0.15) is 0 Å². The lowest BCUT2D eigenvalue weighted by molar-refractivity contribution is 0.279. The molecule has 0 saturated heterocycles. The van der Waals surface area contributed by atoms with Crippen LogP contribution in [-0.2, 0) is 11.1 Å². The second-order valence-corrected chi connectivity index (χ2v) is 10.2. The number of alkyl halides is 2. The molecule has 0 aliphatic carbocycles. The Morgan fingerprint density at radius 1 is 1.42 bits per heavy atom. The van der Waals surface area contributed by atoms with E-state index < -0.39 is 12.7 Å². The Kier molecular flexibility index (Phi) is 7.04. The predicted octanol–water partition coefficient (Wildman–Crippen LogP) is 5.20. The molecular formula is C18H23BrFNO3P2. The molecule has 0 radical (unpaired) electrons. The van der Waals surface area contributed by atoms with E-state index in [0.717, 1.165) is 16.8 Å². The van der Waals surface area contributed by atoms with Crippen molar-refractivity contribution in [3.63, 3.8) is 0 Å².